The Kier molecular flexibility index (Phi) is 6.38. The molecule has 3 aliphatic rings. The molecule has 0 heterocycles. The number of fused-ring (bicyclic) bond motifs is 2. The fourth-order valence-corrected chi connectivity index (χ4v) is 5.43. The molecule has 3 aliphatic carbocycles. The van der Waals surface area contributed by atoms with Gasteiger partial charge in [-0.1, -0.05) is 32.6 Å². The number of ether oxygens (including phenoxy) is 2. The first-order valence-corrected chi connectivity index (χ1v) is 14.3. The first-order chi connectivity index (χ1) is 13.6. The second-order valence-electron chi connectivity index (χ2n) is 9.54. The average molecular weight is 420 g/mol. The minimum Gasteiger partial charge on any atom is -0.508 e. The number of carbonyl (C=O) groups is 2. The van der Waals surface area contributed by atoms with Gasteiger partial charge in [-0.15, -0.1) is 0 Å². The predicted molar refractivity (Wildman–Crippen MR) is 114 cm³/mol. The maximum Gasteiger partial charge on any atom is 0.310 e. The van der Waals surface area contributed by atoms with E-state index in [2.05, 4.69) is 19.6 Å². The van der Waals surface area contributed by atoms with Crippen molar-refractivity contribution in [2.24, 2.45) is 17.6 Å². The Labute approximate surface area is 173 Å². The van der Waals surface area contributed by atoms with Crippen molar-refractivity contribution in [3.63, 3.8) is 0 Å². The van der Waals surface area contributed by atoms with E-state index < -0.39 is 25.9 Å². The molecule has 1 aromatic carbocycles. The Hall–Kier alpha value is -1.86. The summed E-state index contributed by atoms with van der Waals surface area (Å²) >= 11 is 0. The summed E-state index contributed by atoms with van der Waals surface area (Å²) in [6.07, 6.45) is 1.33. The van der Waals surface area contributed by atoms with Gasteiger partial charge in [0, 0.05) is 20.0 Å². The van der Waals surface area contributed by atoms with E-state index in [1.165, 1.54) is 0 Å². The van der Waals surface area contributed by atoms with Gasteiger partial charge in [0.2, 0.25) is 0 Å². The Bertz CT molecular complexity index is 775. The molecule has 0 aromatic heterocycles. The summed E-state index contributed by atoms with van der Waals surface area (Å²) in [7, 11) is -1.34. The molecule has 4 rings (SSSR count). The summed E-state index contributed by atoms with van der Waals surface area (Å²) < 4.78 is 11.1. The Morgan fingerprint density at radius 3 is 2.41 bits per heavy atom. The van der Waals surface area contributed by atoms with Gasteiger partial charge in [-0.3, -0.25) is 9.59 Å². The van der Waals surface area contributed by atoms with Crippen LogP contribution in [0.1, 0.15) is 42.7 Å². The van der Waals surface area contributed by atoms with Crippen LogP contribution in [0.25, 0.3) is 0 Å². The SMILES string of the molecule is CCCOC(=O)[C@H]1[C@H](C(=O)OCC[Si](C)(C)C)C2CC(N)[C@H]1c1cc(O)ccc12. The first kappa shape index (κ1) is 21.8. The maximum absolute atomic E-state index is 13.1. The van der Waals surface area contributed by atoms with Gasteiger partial charge in [0.25, 0.3) is 0 Å². The van der Waals surface area contributed by atoms with E-state index in [-0.39, 0.29) is 29.6 Å². The Morgan fingerprint density at radius 2 is 1.76 bits per heavy atom. The van der Waals surface area contributed by atoms with Crippen LogP contribution in [0.5, 0.6) is 5.75 Å². The summed E-state index contributed by atoms with van der Waals surface area (Å²) in [6, 6.07) is 5.78. The molecule has 0 radical (unpaired) electrons. The van der Waals surface area contributed by atoms with Crippen molar-refractivity contribution < 1.29 is 24.2 Å². The molecule has 6 nitrogen and oxygen atoms in total. The number of hydrogen-bond donors (Lipinski definition) is 2. The first-order valence-electron chi connectivity index (χ1n) is 10.6. The van der Waals surface area contributed by atoms with E-state index in [1.807, 2.05) is 13.0 Å². The number of phenolic OH excluding ortho intramolecular Hbond substituents is 1. The highest BCUT2D eigenvalue weighted by Gasteiger charge is 2.57. The highest BCUT2D eigenvalue weighted by atomic mass is 28.3. The Morgan fingerprint density at radius 1 is 1.10 bits per heavy atom. The summed E-state index contributed by atoms with van der Waals surface area (Å²) in [5.41, 5.74) is 8.27. The van der Waals surface area contributed by atoms with Crippen LogP contribution in [0.15, 0.2) is 18.2 Å². The zero-order valence-electron chi connectivity index (χ0n) is 17.8. The average Bonchev–Trinajstić information content (AvgIpc) is 2.64. The van der Waals surface area contributed by atoms with Crippen LogP contribution < -0.4 is 5.73 Å². The van der Waals surface area contributed by atoms with Crippen molar-refractivity contribution in [3.05, 3.63) is 29.3 Å². The number of aromatic hydroxyl groups is 1. The zero-order valence-corrected chi connectivity index (χ0v) is 18.8. The monoisotopic (exact) mass is 419 g/mol. The molecular formula is C22H33NO5Si. The normalized spacial score (nSPS) is 28.0. The van der Waals surface area contributed by atoms with Crippen molar-refractivity contribution in [3.8, 4) is 5.75 Å². The van der Waals surface area contributed by atoms with Crippen molar-refractivity contribution in [1.82, 2.24) is 0 Å². The van der Waals surface area contributed by atoms with Gasteiger partial charge < -0.3 is 20.3 Å². The number of nitrogens with two attached hydrogens (primary N) is 1. The van der Waals surface area contributed by atoms with E-state index in [0.29, 0.717) is 26.1 Å². The van der Waals surface area contributed by atoms with E-state index in [9.17, 15) is 14.7 Å². The van der Waals surface area contributed by atoms with Gasteiger partial charge in [-0.05, 0) is 48.1 Å². The molecule has 160 valence electrons. The third-order valence-electron chi connectivity index (χ3n) is 6.11. The highest BCUT2D eigenvalue weighted by Crippen LogP contribution is 2.56. The summed E-state index contributed by atoms with van der Waals surface area (Å²) in [4.78, 5) is 26.1. The van der Waals surface area contributed by atoms with Gasteiger partial charge in [-0.2, -0.15) is 0 Å². The number of carbonyl (C=O) groups excluding carboxylic acids is 2. The van der Waals surface area contributed by atoms with Crippen molar-refractivity contribution in [2.75, 3.05) is 13.2 Å². The minimum absolute atomic E-state index is 0.137. The van der Waals surface area contributed by atoms with E-state index in [0.717, 1.165) is 17.2 Å². The molecule has 0 spiro atoms. The standard InChI is InChI=1S/C22H33NO5Si/c1-5-8-27-22(26)20-18-15-11-13(24)6-7-14(15)16(12-17(18)23)19(20)21(25)28-9-10-29(2,3)4/h6-7,11,16-20,24H,5,8-10,12,23H2,1-4H3/t16?,17?,18-,19-,20-/m1/s1. The van der Waals surface area contributed by atoms with Crippen molar-refractivity contribution in [2.45, 2.75) is 63.3 Å². The molecular weight excluding hydrogens is 386 g/mol. The molecule has 0 saturated heterocycles. The van der Waals surface area contributed by atoms with Crippen LogP contribution in [0.2, 0.25) is 25.7 Å². The van der Waals surface area contributed by atoms with Crippen LogP contribution in [0, 0.1) is 11.8 Å². The van der Waals surface area contributed by atoms with E-state index in [4.69, 9.17) is 15.2 Å². The molecule has 2 unspecified atom stereocenters. The van der Waals surface area contributed by atoms with Gasteiger partial charge in [-0.25, -0.2) is 0 Å². The lowest BCUT2D eigenvalue weighted by Crippen LogP contribution is -2.54. The van der Waals surface area contributed by atoms with Gasteiger partial charge in [0.15, 0.2) is 0 Å². The molecule has 7 heteroatoms. The van der Waals surface area contributed by atoms with Crippen LogP contribution >= 0.6 is 0 Å². The highest BCUT2D eigenvalue weighted by molar-refractivity contribution is 6.76. The van der Waals surface area contributed by atoms with Crippen LogP contribution in [0.4, 0.5) is 0 Å². The fraction of sp³-hybridized carbons (Fsp3) is 0.636. The smallest absolute Gasteiger partial charge is 0.310 e. The second-order valence-corrected chi connectivity index (χ2v) is 15.2. The lowest BCUT2D eigenvalue weighted by molar-refractivity contribution is -0.166. The maximum atomic E-state index is 13.1. The number of phenols is 1. The van der Waals surface area contributed by atoms with Crippen LogP contribution in [0.3, 0.4) is 0 Å². The van der Waals surface area contributed by atoms with E-state index >= 15 is 0 Å². The number of benzene rings is 1. The van der Waals surface area contributed by atoms with Gasteiger partial charge in [0.1, 0.15) is 5.75 Å². The van der Waals surface area contributed by atoms with Gasteiger partial charge >= 0.3 is 11.9 Å². The lowest BCUT2D eigenvalue weighted by Gasteiger charge is -2.50. The van der Waals surface area contributed by atoms with Gasteiger partial charge in [0.05, 0.1) is 25.0 Å². The molecule has 2 bridgehead atoms. The van der Waals surface area contributed by atoms with E-state index in [1.54, 1.807) is 12.1 Å². The molecule has 0 amide bonds. The van der Waals surface area contributed by atoms with Crippen molar-refractivity contribution in [1.29, 1.82) is 0 Å². The fourth-order valence-electron chi connectivity index (χ4n) is 4.72. The van der Waals surface area contributed by atoms with Crippen LogP contribution in [-0.4, -0.2) is 44.4 Å². The third kappa shape index (κ3) is 4.51. The Balaban J connectivity index is 1.93. The third-order valence-corrected chi connectivity index (χ3v) is 7.82. The van der Waals surface area contributed by atoms with Crippen molar-refractivity contribution >= 4 is 20.0 Å². The predicted octanol–water partition coefficient (Wildman–Crippen LogP) is 3.37. The number of hydrogen-bond acceptors (Lipinski definition) is 6. The molecule has 0 aliphatic heterocycles. The molecule has 1 aromatic rings. The molecule has 3 N–H and O–H groups in total. The lowest BCUT2D eigenvalue weighted by atomic mass is 9.54. The molecule has 1 fully saturated rings. The van der Waals surface area contributed by atoms with Crippen LogP contribution in [-0.2, 0) is 19.1 Å². The largest absolute Gasteiger partial charge is 0.508 e. The summed E-state index contributed by atoms with van der Waals surface area (Å²) in [6.45, 7) is 9.32. The quantitative estimate of drug-likeness (QED) is 0.519. The number of esters is 2. The number of rotatable bonds is 7. The minimum atomic E-state index is -1.34. The molecule has 29 heavy (non-hydrogen) atoms. The second kappa shape index (κ2) is 8.48. The topological polar surface area (TPSA) is 98.9 Å². The molecule has 1 saturated carbocycles. The molecule has 5 atom stereocenters. The zero-order chi connectivity index (χ0) is 21.3. The summed E-state index contributed by atoms with van der Waals surface area (Å²) in [5.74, 6) is -2.42. The summed E-state index contributed by atoms with van der Waals surface area (Å²) in [5, 5.41) is 9.99.